The third-order valence-corrected chi connectivity index (χ3v) is 4.57. The summed E-state index contributed by atoms with van der Waals surface area (Å²) in [7, 11) is 0. The summed E-state index contributed by atoms with van der Waals surface area (Å²) in [6.45, 7) is 0. The summed E-state index contributed by atoms with van der Waals surface area (Å²) < 4.78 is 0. The van der Waals surface area contributed by atoms with E-state index in [1.807, 2.05) is 72.8 Å². The molecule has 0 saturated heterocycles. The molecule has 0 bridgehead atoms. The van der Waals surface area contributed by atoms with Crippen LogP contribution in [0.4, 0.5) is 0 Å². The third kappa shape index (κ3) is 5.92. The summed E-state index contributed by atoms with van der Waals surface area (Å²) in [6.07, 6.45) is 0. The molecule has 0 aliphatic carbocycles. The Morgan fingerprint density at radius 3 is 1.53 bits per heavy atom. The van der Waals surface area contributed by atoms with Gasteiger partial charge >= 0.3 is 5.97 Å². The van der Waals surface area contributed by atoms with Crippen LogP contribution < -0.4 is 0 Å². The zero-order chi connectivity index (χ0) is 22.8. The van der Waals surface area contributed by atoms with E-state index in [1.54, 1.807) is 36.4 Å². The molecule has 0 heterocycles. The normalized spacial score (nSPS) is 9.62. The number of nitrogens with zero attached hydrogens (tertiary/aromatic N) is 3. The number of hydrogen-bond acceptors (Lipinski definition) is 2. The molecule has 0 spiro atoms. The van der Waals surface area contributed by atoms with Crippen LogP contribution in [0.2, 0.25) is 0 Å². The fourth-order valence-corrected chi connectivity index (χ4v) is 3.02. The summed E-state index contributed by atoms with van der Waals surface area (Å²) in [5.74, 6) is -1.46. The minimum Gasteiger partial charge on any atom is -0.478 e. The molecule has 0 aromatic heterocycles. The molecule has 6 nitrogen and oxygen atoms in total. The quantitative estimate of drug-likeness (QED) is 0.221. The van der Waals surface area contributed by atoms with E-state index in [9.17, 15) is 9.59 Å². The fourth-order valence-electron chi connectivity index (χ4n) is 3.02. The number of hydrogen-bond donors (Lipinski definition) is 1. The maximum Gasteiger partial charge on any atom is 0.335 e. The van der Waals surface area contributed by atoms with Gasteiger partial charge in [-0.25, -0.2) is 4.79 Å². The van der Waals surface area contributed by atoms with Gasteiger partial charge in [-0.2, -0.15) is 0 Å². The number of amides is 1. The Morgan fingerprint density at radius 1 is 0.625 bits per heavy atom. The maximum absolute atomic E-state index is 11.4. The van der Waals surface area contributed by atoms with Crippen LogP contribution in [0.3, 0.4) is 0 Å². The molecule has 4 aromatic carbocycles. The summed E-state index contributed by atoms with van der Waals surface area (Å²) in [4.78, 5) is 24.7. The summed E-state index contributed by atoms with van der Waals surface area (Å²) in [5.41, 5.74) is 12.8. The number of aromatic carboxylic acids is 1. The Bertz CT molecular complexity index is 1270. The van der Waals surface area contributed by atoms with Gasteiger partial charge in [-0.05, 0) is 51.1 Å². The zero-order valence-corrected chi connectivity index (χ0v) is 17.0. The maximum atomic E-state index is 11.4. The van der Waals surface area contributed by atoms with Gasteiger partial charge in [0.25, 0.3) is 0 Å². The van der Waals surface area contributed by atoms with Crippen molar-refractivity contribution in [3.05, 3.63) is 131 Å². The van der Waals surface area contributed by atoms with E-state index >= 15 is 0 Å². The molecule has 1 N–H and O–H groups in total. The van der Waals surface area contributed by atoms with Crippen LogP contribution in [0.15, 0.2) is 114 Å². The van der Waals surface area contributed by atoms with Crippen molar-refractivity contribution in [2.24, 2.45) is 5.11 Å². The largest absolute Gasteiger partial charge is 0.478 e. The van der Waals surface area contributed by atoms with Crippen molar-refractivity contribution in [2.45, 2.75) is 0 Å². The molecule has 1 amide bonds. The Kier molecular flexibility index (Phi) is 7.52. The first-order valence-corrected chi connectivity index (χ1v) is 9.72. The number of carbonyl (C=O) groups is 2. The predicted molar refractivity (Wildman–Crippen MR) is 124 cm³/mol. The first kappa shape index (κ1) is 22.0. The second-order valence-corrected chi connectivity index (χ2v) is 6.69. The molecule has 0 aliphatic heterocycles. The molecule has 156 valence electrons. The van der Waals surface area contributed by atoms with Gasteiger partial charge in [0, 0.05) is 10.5 Å². The molecular formula is C26H19N3O3. The molecule has 32 heavy (non-hydrogen) atoms. The highest BCUT2D eigenvalue weighted by Gasteiger charge is 2.05. The Morgan fingerprint density at radius 2 is 1.06 bits per heavy atom. The second kappa shape index (κ2) is 10.9. The van der Waals surface area contributed by atoms with Crippen LogP contribution in [0, 0.1) is 0 Å². The van der Waals surface area contributed by atoms with E-state index in [1.165, 1.54) is 0 Å². The van der Waals surface area contributed by atoms with Gasteiger partial charge in [0.2, 0.25) is 5.91 Å². The van der Waals surface area contributed by atoms with Crippen molar-refractivity contribution >= 4 is 11.9 Å². The van der Waals surface area contributed by atoms with Crippen LogP contribution in [-0.4, -0.2) is 17.0 Å². The van der Waals surface area contributed by atoms with Crippen molar-refractivity contribution in [2.75, 3.05) is 0 Å². The lowest BCUT2D eigenvalue weighted by Gasteiger charge is -2.02. The Hall–Kier alpha value is -4.67. The summed E-state index contributed by atoms with van der Waals surface area (Å²) in [5, 5.41) is 11.9. The van der Waals surface area contributed by atoms with Crippen LogP contribution in [0.25, 0.3) is 32.7 Å². The van der Waals surface area contributed by atoms with E-state index in [2.05, 4.69) is 10.0 Å². The van der Waals surface area contributed by atoms with Crippen LogP contribution in [-0.2, 0) is 0 Å². The van der Waals surface area contributed by atoms with E-state index in [0.717, 1.165) is 22.3 Å². The summed E-state index contributed by atoms with van der Waals surface area (Å²) in [6, 6.07) is 33.4. The molecule has 4 aromatic rings. The van der Waals surface area contributed by atoms with Crippen LogP contribution in [0.5, 0.6) is 0 Å². The predicted octanol–water partition coefficient (Wildman–Crippen LogP) is 6.86. The van der Waals surface area contributed by atoms with Crippen molar-refractivity contribution in [3.8, 4) is 22.3 Å². The number of carbonyl (C=O) groups excluding carboxylic acids is 1. The van der Waals surface area contributed by atoms with Gasteiger partial charge in [-0.15, -0.1) is 0 Å². The van der Waals surface area contributed by atoms with Gasteiger partial charge in [0.1, 0.15) is 0 Å². The van der Waals surface area contributed by atoms with Crippen LogP contribution in [0.1, 0.15) is 20.7 Å². The average Bonchev–Trinajstić information content (AvgIpc) is 2.86. The number of carboxylic acids is 1. The zero-order valence-electron chi connectivity index (χ0n) is 17.0. The number of azide groups is 1. The fraction of sp³-hybridized carbons (Fsp3) is 0. The average molecular weight is 421 g/mol. The van der Waals surface area contributed by atoms with Crippen molar-refractivity contribution in [3.63, 3.8) is 0 Å². The van der Waals surface area contributed by atoms with Gasteiger partial charge < -0.3 is 5.11 Å². The molecule has 0 fully saturated rings. The topological polar surface area (TPSA) is 103 Å². The van der Waals surface area contributed by atoms with E-state index < -0.39 is 11.9 Å². The number of carboxylic acid groups (broad SMARTS) is 1. The molecule has 0 unspecified atom stereocenters. The molecule has 0 saturated carbocycles. The van der Waals surface area contributed by atoms with Crippen molar-refractivity contribution in [1.82, 2.24) is 0 Å². The third-order valence-electron chi connectivity index (χ3n) is 4.57. The second-order valence-electron chi connectivity index (χ2n) is 6.69. The standard InChI is InChI=1S/C13H9N3O.C13H10O2/c14-16-15-13(17)12-8-4-7-11(9-12)10-5-2-1-3-6-10;14-13(15)12-8-4-7-11(9-12)10-5-2-1-3-6-10/h1-9H;1-9H,(H,14,15). The summed E-state index contributed by atoms with van der Waals surface area (Å²) >= 11 is 0. The highest BCUT2D eigenvalue weighted by Crippen LogP contribution is 2.21. The molecule has 6 heteroatoms. The monoisotopic (exact) mass is 421 g/mol. The Labute approximate surface area is 185 Å². The number of benzene rings is 4. The van der Waals surface area contributed by atoms with Crippen molar-refractivity contribution < 1.29 is 14.7 Å². The van der Waals surface area contributed by atoms with E-state index in [0.29, 0.717) is 11.1 Å². The lowest BCUT2D eigenvalue weighted by Crippen LogP contribution is -1.95. The molecule has 4 rings (SSSR count). The van der Waals surface area contributed by atoms with Crippen LogP contribution >= 0.6 is 0 Å². The first-order chi connectivity index (χ1) is 15.6. The highest BCUT2D eigenvalue weighted by atomic mass is 16.4. The van der Waals surface area contributed by atoms with Gasteiger partial charge in [-0.1, -0.05) is 91.0 Å². The van der Waals surface area contributed by atoms with Crippen molar-refractivity contribution in [1.29, 1.82) is 0 Å². The highest BCUT2D eigenvalue weighted by molar-refractivity contribution is 5.96. The SMILES string of the molecule is O=C(O)c1cccc(-c2ccccc2)c1.[N-]=[N+]=NC(=O)c1cccc(-c2ccccc2)c1. The van der Waals surface area contributed by atoms with Gasteiger partial charge in [-0.3, -0.25) is 4.79 Å². The van der Waals surface area contributed by atoms with Gasteiger partial charge in [0.05, 0.1) is 5.56 Å². The smallest absolute Gasteiger partial charge is 0.335 e. The molecule has 0 aliphatic rings. The molecular weight excluding hydrogens is 402 g/mol. The number of rotatable bonds is 4. The lowest BCUT2D eigenvalue weighted by atomic mass is 10.0. The first-order valence-electron chi connectivity index (χ1n) is 9.72. The minimum atomic E-state index is -0.896. The van der Waals surface area contributed by atoms with E-state index in [-0.39, 0.29) is 0 Å². The van der Waals surface area contributed by atoms with E-state index in [4.69, 9.17) is 10.6 Å². The lowest BCUT2D eigenvalue weighted by molar-refractivity contribution is 0.0696. The minimum absolute atomic E-state index is 0.316. The molecule has 0 atom stereocenters. The molecule has 0 radical (unpaired) electrons. The van der Waals surface area contributed by atoms with Gasteiger partial charge in [0.15, 0.2) is 0 Å². The Balaban J connectivity index is 0.000000182.